The summed E-state index contributed by atoms with van der Waals surface area (Å²) in [6.07, 6.45) is 6.20. The van der Waals surface area contributed by atoms with Gasteiger partial charge in [-0.05, 0) is 25.7 Å². The predicted molar refractivity (Wildman–Crippen MR) is 154 cm³/mol. The molecular formula is C30H44N2O12. The molecule has 2 fully saturated rings. The number of carbonyl (C=O) groups excluding carboxylic acids is 6. The van der Waals surface area contributed by atoms with Crippen LogP contribution >= 0.6 is 0 Å². The molecule has 0 bridgehead atoms. The number of carbonyl (C=O) groups is 6. The Bertz CT molecular complexity index is 981. The van der Waals surface area contributed by atoms with E-state index in [2.05, 4.69) is 23.8 Å². The van der Waals surface area contributed by atoms with Crippen LogP contribution in [-0.4, -0.2) is 89.8 Å². The van der Waals surface area contributed by atoms with Gasteiger partial charge in [-0.3, -0.25) is 19.2 Å². The second-order valence-electron chi connectivity index (χ2n) is 10.5. The third-order valence-corrected chi connectivity index (χ3v) is 7.58. The van der Waals surface area contributed by atoms with Crippen molar-refractivity contribution in [1.82, 2.24) is 10.6 Å². The average Bonchev–Trinajstić information content (AvgIpc) is 3.94. The Hall–Kier alpha value is -4.10. The first kappa shape index (κ1) is 36.1. The monoisotopic (exact) mass is 624 g/mol. The first-order chi connectivity index (χ1) is 21.1. The Morgan fingerprint density at radius 1 is 0.591 bits per heavy atom. The molecule has 0 saturated heterocycles. The van der Waals surface area contributed by atoms with Gasteiger partial charge in [0, 0.05) is 37.8 Å². The van der Waals surface area contributed by atoms with Crippen LogP contribution in [0.4, 0.5) is 9.59 Å². The Morgan fingerprint density at radius 2 is 0.955 bits per heavy atom. The summed E-state index contributed by atoms with van der Waals surface area (Å²) in [5.74, 6) is -3.20. The maximum Gasteiger partial charge on any atom is 0.407 e. The number of allylic oxidation sites excluding steroid dienone is 2. The van der Waals surface area contributed by atoms with Crippen LogP contribution < -0.4 is 10.6 Å². The SMILES string of the molecule is C=CC1CC1(C(=O)OC)C(=O)OCCCOC(=O)NCCCCCCNC(=O)OCCCOC(=O)C1(C(=O)OC)CC1C=C. The molecule has 44 heavy (non-hydrogen) atoms. The summed E-state index contributed by atoms with van der Waals surface area (Å²) in [7, 11) is 2.43. The lowest BCUT2D eigenvalue weighted by Crippen LogP contribution is -2.31. The van der Waals surface area contributed by atoms with Crippen LogP contribution in [0.2, 0.25) is 0 Å². The molecule has 2 saturated carbocycles. The molecule has 0 aromatic carbocycles. The molecule has 0 heterocycles. The molecule has 2 aliphatic rings. The second kappa shape index (κ2) is 17.9. The summed E-state index contributed by atoms with van der Waals surface area (Å²) in [4.78, 5) is 72.0. The zero-order valence-corrected chi connectivity index (χ0v) is 25.5. The predicted octanol–water partition coefficient (Wildman–Crippen LogP) is 2.60. The van der Waals surface area contributed by atoms with Gasteiger partial charge in [0.2, 0.25) is 0 Å². The number of rotatable bonds is 21. The second-order valence-corrected chi connectivity index (χ2v) is 10.5. The Morgan fingerprint density at radius 3 is 1.27 bits per heavy atom. The van der Waals surface area contributed by atoms with Gasteiger partial charge < -0.3 is 39.1 Å². The summed E-state index contributed by atoms with van der Waals surface area (Å²) >= 11 is 0. The zero-order chi connectivity index (χ0) is 32.6. The highest BCUT2D eigenvalue weighted by molar-refractivity contribution is 6.04. The van der Waals surface area contributed by atoms with E-state index in [9.17, 15) is 28.8 Å². The fourth-order valence-corrected chi connectivity index (χ4v) is 4.74. The minimum atomic E-state index is -1.31. The van der Waals surface area contributed by atoms with E-state index in [0.29, 0.717) is 25.9 Å². The van der Waals surface area contributed by atoms with Crippen LogP contribution in [0.5, 0.6) is 0 Å². The van der Waals surface area contributed by atoms with Crippen LogP contribution in [0, 0.1) is 22.7 Å². The van der Waals surface area contributed by atoms with Crippen molar-refractivity contribution in [3.8, 4) is 0 Å². The molecule has 0 spiro atoms. The minimum Gasteiger partial charge on any atom is -0.468 e. The quantitative estimate of drug-likeness (QED) is 0.0627. The molecule has 2 aliphatic carbocycles. The molecule has 4 atom stereocenters. The van der Waals surface area contributed by atoms with Crippen molar-refractivity contribution in [2.45, 2.75) is 51.4 Å². The van der Waals surface area contributed by atoms with Crippen LogP contribution in [0.1, 0.15) is 51.4 Å². The Balaban J connectivity index is 1.39. The highest BCUT2D eigenvalue weighted by Crippen LogP contribution is 2.55. The fraction of sp³-hybridized carbons (Fsp3) is 0.667. The lowest BCUT2D eigenvalue weighted by atomic mass is 10.0. The normalized spacial score (nSPS) is 22.8. The lowest BCUT2D eigenvalue weighted by molar-refractivity contribution is -0.165. The highest BCUT2D eigenvalue weighted by atomic mass is 16.6. The van der Waals surface area contributed by atoms with Crippen molar-refractivity contribution in [3.63, 3.8) is 0 Å². The smallest absolute Gasteiger partial charge is 0.407 e. The number of amides is 2. The molecule has 0 aromatic heterocycles. The van der Waals surface area contributed by atoms with Gasteiger partial charge in [0.1, 0.15) is 0 Å². The third kappa shape index (κ3) is 9.71. The standard InChI is InChI=1S/C30H44N2O12/c1-5-21-19-29(21,23(33)39-3)25(35)41-15-11-17-43-27(37)31-13-9-7-8-10-14-32-28(38)44-18-12-16-42-26(36)30(24(34)40-4)20-22(30)6-2/h5-6,21-22H,1-2,7-20H2,3-4H3,(H,31,37)(H,32,38). The lowest BCUT2D eigenvalue weighted by Gasteiger charge is -2.13. The van der Waals surface area contributed by atoms with Crippen LogP contribution in [0.15, 0.2) is 25.3 Å². The van der Waals surface area contributed by atoms with E-state index < -0.39 is 46.9 Å². The fourth-order valence-electron chi connectivity index (χ4n) is 4.74. The van der Waals surface area contributed by atoms with E-state index >= 15 is 0 Å². The topological polar surface area (TPSA) is 182 Å². The van der Waals surface area contributed by atoms with Gasteiger partial charge in [0.15, 0.2) is 10.8 Å². The number of alkyl carbamates (subject to hydrolysis) is 2. The first-order valence-corrected chi connectivity index (χ1v) is 14.7. The largest absolute Gasteiger partial charge is 0.468 e. The van der Waals surface area contributed by atoms with E-state index in [1.165, 1.54) is 26.4 Å². The number of unbranched alkanes of at least 4 members (excludes halogenated alkanes) is 3. The van der Waals surface area contributed by atoms with E-state index in [-0.39, 0.29) is 51.1 Å². The van der Waals surface area contributed by atoms with E-state index in [1.807, 2.05) is 0 Å². The minimum absolute atomic E-state index is 0.00154. The molecule has 2 N–H and O–H groups in total. The molecule has 14 heteroatoms. The van der Waals surface area contributed by atoms with Gasteiger partial charge in [-0.2, -0.15) is 0 Å². The van der Waals surface area contributed by atoms with Gasteiger partial charge >= 0.3 is 36.1 Å². The number of methoxy groups -OCH3 is 2. The molecule has 14 nitrogen and oxygen atoms in total. The van der Waals surface area contributed by atoms with Crippen molar-refractivity contribution in [3.05, 3.63) is 25.3 Å². The Kier molecular flexibility index (Phi) is 14.7. The molecule has 2 rings (SSSR count). The summed E-state index contributed by atoms with van der Waals surface area (Å²) in [6.45, 7) is 8.18. The number of esters is 4. The van der Waals surface area contributed by atoms with Crippen LogP contribution in [0.3, 0.4) is 0 Å². The summed E-state index contributed by atoms with van der Waals surface area (Å²) in [5.41, 5.74) is -2.61. The maximum atomic E-state index is 12.3. The van der Waals surface area contributed by atoms with Crippen molar-refractivity contribution in [2.24, 2.45) is 22.7 Å². The highest BCUT2D eigenvalue weighted by Gasteiger charge is 2.67. The van der Waals surface area contributed by atoms with Gasteiger partial charge in [0.25, 0.3) is 0 Å². The summed E-state index contributed by atoms with van der Waals surface area (Å²) in [6, 6.07) is 0. The molecule has 246 valence electrons. The summed E-state index contributed by atoms with van der Waals surface area (Å²) < 4.78 is 29.9. The number of nitrogens with one attached hydrogen (secondary N) is 2. The number of hydrogen-bond acceptors (Lipinski definition) is 12. The van der Waals surface area contributed by atoms with Crippen molar-refractivity contribution < 1.29 is 57.2 Å². The maximum absolute atomic E-state index is 12.3. The van der Waals surface area contributed by atoms with Gasteiger partial charge in [-0.1, -0.05) is 25.0 Å². The molecule has 2 amide bonds. The number of hydrogen-bond donors (Lipinski definition) is 2. The van der Waals surface area contributed by atoms with Crippen molar-refractivity contribution in [2.75, 3.05) is 53.7 Å². The van der Waals surface area contributed by atoms with Crippen molar-refractivity contribution in [1.29, 1.82) is 0 Å². The van der Waals surface area contributed by atoms with Crippen LogP contribution in [0.25, 0.3) is 0 Å². The summed E-state index contributed by atoms with van der Waals surface area (Å²) in [5, 5.41) is 5.28. The molecule has 0 aliphatic heterocycles. The number of ether oxygens (including phenoxy) is 6. The van der Waals surface area contributed by atoms with Gasteiger partial charge in [-0.15, -0.1) is 13.2 Å². The molecule has 0 radical (unpaired) electrons. The average molecular weight is 625 g/mol. The molecular weight excluding hydrogens is 580 g/mol. The van der Waals surface area contributed by atoms with E-state index in [1.54, 1.807) is 0 Å². The third-order valence-electron chi connectivity index (χ3n) is 7.58. The first-order valence-electron chi connectivity index (χ1n) is 14.7. The van der Waals surface area contributed by atoms with Crippen LogP contribution in [-0.2, 0) is 47.6 Å². The van der Waals surface area contributed by atoms with E-state index in [4.69, 9.17) is 28.4 Å². The Labute approximate surface area is 257 Å². The van der Waals surface area contributed by atoms with Gasteiger partial charge in [-0.25, -0.2) is 9.59 Å². The van der Waals surface area contributed by atoms with E-state index in [0.717, 1.165) is 25.7 Å². The van der Waals surface area contributed by atoms with Gasteiger partial charge in [0.05, 0.1) is 40.6 Å². The molecule has 0 aromatic rings. The van der Waals surface area contributed by atoms with Crippen molar-refractivity contribution >= 4 is 36.1 Å². The zero-order valence-electron chi connectivity index (χ0n) is 25.5. The molecule has 4 unspecified atom stereocenters.